The van der Waals surface area contributed by atoms with Gasteiger partial charge in [-0.3, -0.25) is 4.79 Å². The molecular weight excluding hydrogens is 140 g/mol. The molecule has 1 aromatic heterocycles. The van der Waals surface area contributed by atoms with E-state index in [2.05, 4.69) is 10.3 Å². The van der Waals surface area contributed by atoms with E-state index in [9.17, 15) is 4.79 Å². The fraction of sp³-hybridized carbons (Fsp3) is 0.375. The van der Waals surface area contributed by atoms with Gasteiger partial charge in [0.05, 0.1) is 6.04 Å². The second kappa shape index (κ2) is 2.42. The lowest BCUT2D eigenvalue weighted by Crippen LogP contribution is -2.17. The fourth-order valence-electron chi connectivity index (χ4n) is 1.42. The monoisotopic (exact) mass is 150 g/mol. The summed E-state index contributed by atoms with van der Waals surface area (Å²) < 4.78 is 0. The molecule has 1 amide bonds. The van der Waals surface area contributed by atoms with Gasteiger partial charge in [0.2, 0.25) is 5.91 Å². The van der Waals surface area contributed by atoms with Gasteiger partial charge < -0.3 is 10.3 Å². The summed E-state index contributed by atoms with van der Waals surface area (Å²) in [5, 5.41) is 2.90. The van der Waals surface area contributed by atoms with Crippen LogP contribution in [0.3, 0.4) is 0 Å². The molecule has 1 atom stereocenters. The first kappa shape index (κ1) is 6.46. The molecule has 3 nitrogen and oxygen atoms in total. The molecule has 0 spiro atoms. The van der Waals surface area contributed by atoms with Crippen LogP contribution in [0.5, 0.6) is 0 Å². The molecule has 1 fully saturated rings. The average molecular weight is 150 g/mol. The lowest BCUT2D eigenvalue weighted by molar-refractivity contribution is -0.119. The van der Waals surface area contributed by atoms with Gasteiger partial charge in [-0.05, 0) is 18.1 Å². The van der Waals surface area contributed by atoms with Crippen LogP contribution >= 0.6 is 0 Å². The zero-order valence-corrected chi connectivity index (χ0v) is 6.13. The second-order valence-corrected chi connectivity index (χ2v) is 2.80. The van der Waals surface area contributed by atoms with Crippen molar-refractivity contribution in [1.29, 1.82) is 0 Å². The highest BCUT2D eigenvalue weighted by Gasteiger charge is 2.21. The molecule has 0 radical (unpaired) electrons. The normalized spacial score (nSPS) is 23.6. The molecule has 1 aliphatic rings. The number of aromatic nitrogens is 1. The maximum Gasteiger partial charge on any atom is 0.220 e. The smallest absolute Gasteiger partial charge is 0.220 e. The van der Waals surface area contributed by atoms with Crippen LogP contribution in [0.25, 0.3) is 0 Å². The van der Waals surface area contributed by atoms with Gasteiger partial charge >= 0.3 is 0 Å². The topological polar surface area (TPSA) is 44.9 Å². The van der Waals surface area contributed by atoms with Crippen molar-refractivity contribution in [2.45, 2.75) is 18.9 Å². The van der Waals surface area contributed by atoms with Crippen molar-refractivity contribution in [3.8, 4) is 0 Å². The van der Waals surface area contributed by atoms with Gasteiger partial charge in [-0.25, -0.2) is 0 Å². The Morgan fingerprint density at radius 2 is 2.45 bits per heavy atom. The molecule has 1 unspecified atom stereocenters. The number of nitrogens with one attached hydrogen (secondary N) is 2. The summed E-state index contributed by atoms with van der Waals surface area (Å²) in [5.74, 6) is 0.163. The van der Waals surface area contributed by atoms with E-state index in [1.54, 1.807) is 0 Å². The third kappa shape index (κ3) is 1.13. The Labute approximate surface area is 64.8 Å². The van der Waals surface area contributed by atoms with Crippen LogP contribution in [0.2, 0.25) is 0 Å². The molecule has 0 aromatic carbocycles. The SMILES string of the molecule is O=C1CCC(c2cc[nH]c2)N1. The van der Waals surface area contributed by atoms with Gasteiger partial charge in [0, 0.05) is 18.8 Å². The van der Waals surface area contributed by atoms with E-state index in [0.717, 1.165) is 6.42 Å². The van der Waals surface area contributed by atoms with E-state index >= 15 is 0 Å². The summed E-state index contributed by atoms with van der Waals surface area (Å²) >= 11 is 0. The molecule has 2 heterocycles. The number of aromatic amines is 1. The van der Waals surface area contributed by atoms with Gasteiger partial charge in [0.1, 0.15) is 0 Å². The van der Waals surface area contributed by atoms with Crippen molar-refractivity contribution >= 4 is 5.91 Å². The molecule has 0 saturated carbocycles. The number of rotatable bonds is 1. The van der Waals surface area contributed by atoms with E-state index in [0.29, 0.717) is 6.42 Å². The number of hydrogen-bond acceptors (Lipinski definition) is 1. The van der Waals surface area contributed by atoms with Crippen molar-refractivity contribution in [2.24, 2.45) is 0 Å². The van der Waals surface area contributed by atoms with Crippen LogP contribution in [-0.4, -0.2) is 10.9 Å². The first-order chi connectivity index (χ1) is 5.36. The molecule has 2 N–H and O–H groups in total. The zero-order valence-electron chi connectivity index (χ0n) is 6.13. The van der Waals surface area contributed by atoms with Crippen molar-refractivity contribution < 1.29 is 4.79 Å². The Bertz CT molecular complexity index is 253. The summed E-state index contributed by atoms with van der Waals surface area (Å²) in [5.41, 5.74) is 1.18. The average Bonchev–Trinajstić information content (AvgIpc) is 2.55. The Hall–Kier alpha value is -1.25. The quantitative estimate of drug-likeness (QED) is 0.615. The minimum atomic E-state index is 0.163. The Morgan fingerprint density at radius 3 is 3.00 bits per heavy atom. The largest absolute Gasteiger partial charge is 0.367 e. The van der Waals surface area contributed by atoms with Crippen LogP contribution in [0.4, 0.5) is 0 Å². The summed E-state index contributed by atoms with van der Waals surface area (Å²) in [6.07, 6.45) is 5.39. The Balaban J connectivity index is 2.13. The summed E-state index contributed by atoms with van der Waals surface area (Å²) in [7, 11) is 0. The number of carbonyl (C=O) groups is 1. The molecule has 2 rings (SSSR count). The standard InChI is InChI=1S/C8H10N2O/c11-8-2-1-7(10-8)6-3-4-9-5-6/h3-5,7,9H,1-2H2,(H,10,11). The number of amides is 1. The van der Waals surface area contributed by atoms with Crippen LogP contribution in [0, 0.1) is 0 Å². The lowest BCUT2D eigenvalue weighted by atomic mass is 10.1. The van der Waals surface area contributed by atoms with E-state index in [-0.39, 0.29) is 11.9 Å². The van der Waals surface area contributed by atoms with Gasteiger partial charge in [0.15, 0.2) is 0 Å². The van der Waals surface area contributed by atoms with Crippen LogP contribution in [0.1, 0.15) is 24.4 Å². The molecular formula is C8H10N2O. The van der Waals surface area contributed by atoms with Crippen molar-refractivity contribution in [3.05, 3.63) is 24.0 Å². The maximum atomic E-state index is 10.8. The van der Waals surface area contributed by atoms with Gasteiger partial charge in [-0.1, -0.05) is 0 Å². The Morgan fingerprint density at radius 1 is 1.55 bits per heavy atom. The van der Waals surface area contributed by atoms with Crippen LogP contribution in [-0.2, 0) is 4.79 Å². The van der Waals surface area contributed by atoms with E-state index in [1.807, 2.05) is 18.5 Å². The first-order valence-corrected chi connectivity index (χ1v) is 3.78. The van der Waals surface area contributed by atoms with E-state index in [4.69, 9.17) is 0 Å². The van der Waals surface area contributed by atoms with Gasteiger partial charge in [-0.2, -0.15) is 0 Å². The highest BCUT2D eigenvalue weighted by Crippen LogP contribution is 2.22. The molecule has 11 heavy (non-hydrogen) atoms. The predicted octanol–water partition coefficient (Wildman–Crippen LogP) is 0.966. The van der Waals surface area contributed by atoms with Crippen molar-refractivity contribution in [3.63, 3.8) is 0 Å². The molecule has 1 aliphatic heterocycles. The third-order valence-electron chi connectivity index (χ3n) is 2.02. The van der Waals surface area contributed by atoms with Crippen LogP contribution in [0.15, 0.2) is 18.5 Å². The number of hydrogen-bond donors (Lipinski definition) is 2. The second-order valence-electron chi connectivity index (χ2n) is 2.80. The summed E-state index contributed by atoms with van der Waals surface area (Å²) in [4.78, 5) is 13.8. The molecule has 1 aromatic rings. The predicted molar refractivity (Wildman–Crippen MR) is 40.9 cm³/mol. The fourth-order valence-corrected chi connectivity index (χ4v) is 1.42. The molecule has 0 bridgehead atoms. The number of carbonyl (C=O) groups excluding carboxylic acids is 1. The first-order valence-electron chi connectivity index (χ1n) is 3.78. The maximum absolute atomic E-state index is 10.8. The van der Waals surface area contributed by atoms with Crippen molar-refractivity contribution in [1.82, 2.24) is 10.3 Å². The van der Waals surface area contributed by atoms with Crippen LogP contribution < -0.4 is 5.32 Å². The molecule has 1 saturated heterocycles. The minimum absolute atomic E-state index is 0.163. The molecule has 3 heteroatoms. The zero-order chi connectivity index (χ0) is 7.68. The highest BCUT2D eigenvalue weighted by atomic mass is 16.1. The van der Waals surface area contributed by atoms with E-state index < -0.39 is 0 Å². The highest BCUT2D eigenvalue weighted by molar-refractivity contribution is 5.78. The lowest BCUT2D eigenvalue weighted by Gasteiger charge is -2.05. The third-order valence-corrected chi connectivity index (χ3v) is 2.02. The number of H-pyrrole nitrogens is 1. The summed E-state index contributed by atoms with van der Waals surface area (Å²) in [6.45, 7) is 0. The molecule has 0 aliphatic carbocycles. The molecule has 58 valence electrons. The summed E-state index contributed by atoms with van der Waals surface area (Å²) in [6, 6.07) is 2.24. The van der Waals surface area contributed by atoms with E-state index in [1.165, 1.54) is 5.56 Å². The minimum Gasteiger partial charge on any atom is -0.367 e. The van der Waals surface area contributed by atoms with Crippen molar-refractivity contribution in [2.75, 3.05) is 0 Å². The Kier molecular flexibility index (Phi) is 1.42. The van der Waals surface area contributed by atoms with Gasteiger partial charge in [-0.15, -0.1) is 0 Å². The van der Waals surface area contributed by atoms with Gasteiger partial charge in [0.25, 0.3) is 0 Å².